The molecular weight excluding hydrogens is 569 g/mol. The van der Waals surface area contributed by atoms with E-state index in [0.29, 0.717) is 5.56 Å². The molecule has 218 valence electrons. The number of methoxy groups -OCH3 is 2. The lowest BCUT2D eigenvalue weighted by atomic mass is 9.88. The summed E-state index contributed by atoms with van der Waals surface area (Å²) in [7, 11) is 2.48. The predicted molar refractivity (Wildman–Crippen MR) is 188 cm³/mol. The van der Waals surface area contributed by atoms with Gasteiger partial charge in [-0.25, -0.2) is 0 Å². The molecule has 3 nitrogen and oxygen atoms in total. The summed E-state index contributed by atoms with van der Waals surface area (Å²) in [4.78, 5) is 0. The van der Waals surface area contributed by atoms with Crippen LogP contribution >= 0.6 is 7.92 Å². The van der Waals surface area contributed by atoms with Crippen molar-refractivity contribution in [1.82, 2.24) is 0 Å². The highest BCUT2D eigenvalue weighted by Crippen LogP contribution is 2.41. The lowest BCUT2D eigenvalue weighted by Gasteiger charge is -2.24. The molecule has 0 saturated heterocycles. The number of nitriles is 1. The van der Waals surface area contributed by atoms with Gasteiger partial charge in [-0.2, -0.15) is 5.26 Å². The molecule has 0 aliphatic heterocycles. The fourth-order valence-electron chi connectivity index (χ4n) is 5.50. The van der Waals surface area contributed by atoms with Crippen molar-refractivity contribution in [3.63, 3.8) is 0 Å². The van der Waals surface area contributed by atoms with E-state index in [4.69, 9.17) is 9.47 Å². The summed E-state index contributed by atoms with van der Waals surface area (Å²) < 4.78 is 10.9. The summed E-state index contributed by atoms with van der Waals surface area (Å²) in [6.45, 7) is 0. The highest BCUT2D eigenvalue weighted by Gasteiger charge is 2.22. The Labute approximate surface area is 266 Å². The van der Waals surface area contributed by atoms with Crippen LogP contribution in [-0.4, -0.2) is 14.2 Å². The van der Waals surface area contributed by atoms with Gasteiger partial charge in [0.1, 0.15) is 11.5 Å². The first-order valence-corrected chi connectivity index (χ1v) is 16.1. The van der Waals surface area contributed by atoms with Gasteiger partial charge < -0.3 is 9.47 Å². The van der Waals surface area contributed by atoms with Gasteiger partial charge in [0, 0.05) is 0 Å². The third-order valence-corrected chi connectivity index (χ3v) is 10.2. The molecule has 4 heteroatoms. The first-order chi connectivity index (χ1) is 22.2. The van der Waals surface area contributed by atoms with Crippen molar-refractivity contribution in [3.05, 3.63) is 174 Å². The monoisotopic (exact) mass is 601 g/mol. The summed E-state index contributed by atoms with van der Waals surface area (Å²) >= 11 is 0. The fourth-order valence-corrected chi connectivity index (χ4v) is 7.97. The lowest BCUT2D eigenvalue weighted by Crippen LogP contribution is -2.22. The average molecular weight is 602 g/mol. The highest BCUT2D eigenvalue weighted by atomic mass is 31.1. The molecule has 0 saturated carbocycles. The Balaban J connectivity index is 1.61. The van der Waals surface area contributed by atoms with Gasteiger partial charge in [-0.15, -0.1) is 0 Å². The number of nitrogens with zero attached hydrogens (tertiary/aromatic N) is 1. The molecule has 0 radical (unpaired) electrons. The van der Waals surface area contributed by atoms with Crippen LogP contribution in [0, 0.1) is 11.3 Å². The van der Waals surface area contributed by atoms with Crippen LogP contribution in [0.2, 0.25) is 0 Å². The smallest absolute Gasteiger partial charge is 0.118 e. The largest absolute Gasteiger partial charge is 0.497 e. The molecule has 0 aliphatic rings. The second-order valence-corrected chi connectivity index (χ2v) is 12.6. The molecule has 0 fully saturated rings. The Morgan fingerprint density at radius 1 is 0.600 bits per heavy atom. The van der Waals surface area contributed by atoms with Gasteiger partial charge in [0.25, 0.3) is 0 Å². The number of hydrogen-bond donors (Lipinski definition) is 0. The number of ether oxygens (including phenoxy) is 2. The zero-order chi connectivity index (χ0) is 31.0. The van der Waals surface area contributed by atoms with E-state index in [9.17, 15) is 5.26 Å². The molecular formula is C41H32NO2P. The summed E-state index contributed by atoms with van der Waals surface area (Å²) in [5.41, 5.74) is 6.86. The zero-order valence-electron chi connectivity index (χ0n) is 25.2. The standard InChI is InChI=1S/C41H32NO2P/c1-43-33-22-17-30(18-23-33)27-39(32-20-24-34(44-2)25-21-32)40-28-31(29-42)19-26-37(40)38-15-9-10-16-41(38)45(35-11-5-3-6-12-35)36-13-7-4-8-14-36/h3-28H,1-2H3/b39-27+. The van der Waals surface area contributed by atoms with Crippen molar-refractivity contribution < 1.29 is 9.47 Å². The minimum atomic E-state index is -0.863. The molecule has 0 aliphatic carbocycles. The van der Waals surface area contributed by atoms with Crippen molar-refractivity contribution in [1.29, 1.82) is 5.26 Å². The molecule has 6 aromatic carbocycles. The van der Waals surface area contributed by atoms with Crippen molar-refractivity contribution in [3.8, 4) is 28.7 Å². The second-order valence-electron chi connectivity index (χ2n) is 10.5. The van der Waals surface area contributed by atoms with Gasteiger partial charge in [-0.1, -0.05) is 115 Å². The van der Waals surface area contributed by atoms with Crippen LogP contribution in [0.5, 0.6) is 11.5 Å². The first-order valence-electron chi connectivity index (χ1n) is 14.7. The fraction of sp³-hybridized carbons (Fsp3) is 0.0488. The minimum absolute atomic E-state index is 0.605. The van der Waals surface area contributed by atoms with Crippen LogP contribution in [0.4, 0.5) is 0 Å². The number of benzene rings is 6. The van der Waals surface area contributed by atoms with Gasteiger partial charge >= 0.3 is 0 Å². The van der Waals surface area contributed by atoms with Gasteiger partial charge in [-0.3, -0.25) is 0 Å². The molecule has 0 aromatic heterocycles. The zero-order valence-corrected chi connectivity index (χ0v) is 26.1. The van der Waals surface area contributed by atoms with E-state index >= 15 is 0 Å². The Morgan fingerprint density at radius 2 is 1.16 bits per heavy atom. The molecule has 0 N–H and O–H groups in total. The van der Waals surface area contributed by atoms with Crippen LogP contribution in [0.25, 0.3) is 22.8 Å². The predicted octanol–water partition coefficient (Wildman–Crippen LogP) is 8.59. The van der Waals surface area contributed by atoms with E-state index in [1.807, 2.05) is 48.5 Å². The second kappa shape index (κ2) is 13.9. The highest BCUT2D eigenvalue weighted by molar-refractivity contribution is 7.80. The van der Waals surface area contributed by atoms with Crippen molar-refractivity contribution >= 4 is 35.5 Å². The maximum Gasteiger partial charge on any atom is 0.118 e. The Hall–Kier alpha value is -5.42. The van der Waals surface area contributed by atoms with Gasteiger partial charge in [0.05, 0.1) is 25.9 Å². The third kappa shape index (κ3) is 6.58. The summed E-state index contributed by atoms with van der Waals surface area (Å²) in [6.07, 6.45) is 2.18. The van der Waals surface area contributed by atoms with Crippen LogP contribution in [0.15, 0.2) is 152 Å². The maximum atomic E-state index is 10.0. The van der Waals surface area contributed by atoms with Crippen LogP contribution in [0.3, 0.4) is 0 Å². The summed E-state index contributed by atoms with van der Waals surface area (Å²) in [6, 6.07) is 54.7. The normalized spacial score (nSPS) is 11.2. The molecule has 0 heterocycles. The molecule has 0 unspecified atom stereocenters. The van der Waals surface area contributed by atoms with Crippen molar-refractivity contribution in [2.75, 3.05) is 14.2 Å². The van der Waals surface area contributed by atoms with E-state index in [0.717, 1.165) is 44.9 Å². The van der Waals surface area contributed by atoms with E-state index in [-0.39, 0.29) is 0 Å². The maximum absolute atomic E-state index is 10.0. The number of hydrogen-bond acceptors (Lipinski definition) is 3. The van der Waals surface area contributed by atoms with E-state index in [1.165, 1.54) is 15.9 Å². The molecule has 45 heavy (non-hydrogen) atoms. The third-order valence-electron chi connectivity index (χ3n) is 7.73. The average Bonchev–Trinajstić information content (AvgIpc) is 3.12. The van der Waals surface area contributed by atoms with E-state index in [2.05, 4.69) is 115 Å². The first kappa shape index (κ1) is 29.6. The molecule has 6 aromatic rings. The SMILES string of the molecule is COc1ccc(/C=C(\c2ccc(OC)cc2)c2cc(C#N)ccc2-c2ccccc2P(c2ccccc2)c2ccccc2)cc1. The van der Waals surface area contributed by atoms with Crippen LogP contribution < -0.4 is 25.4 Å². The van der Waals surface area contributed by atoms with Gasteiger partial charge in [0.15, 0.2) is 0 Å². The van der Waals surface area contributed by atoms with Gasteiger partial charge in [0.2, 0.25) is 0 Å². The summed E-state index contributed by atoms with van der Waals surface area (Å²) in [5, 5.41) is 13.9. The van der Waals surface area contributed by atoms with Crippen LogP contribution in [-0.2, 0) is 0 Å². The lowest BCUT2D eigenvalue weighted by molar-refractivity contribution is 0.414. The molecule has 0 bridgehead atoms. The quantitative estimate of drug-likeness (QED) is 0.123. The van der Waals surface area contributed by atoms with E-state index < -0.39 is 7.92 Å². The minimum Gasteiger partial charge on any atom is -0.497 e. The van der Waals surface area contributed by atoms with Gasteiger partial charge in [-0.05, 0) is 99.7 Å². The molecule has 0 atom stereocenters. The number of rotatable bonds is 9. The van der Waals surface area contributed by atoms with Crippen molar-refractivity contribution in [2.24, 2.45) is 0 Å². The van der Waals surface area contributed by atoms with Crippen molar-refractivity contribution in [2.45, 2.75) is 0 Å². The Kier molecular flexibility index (Phi) is 9.16. The Morgan fingerprint density at radius 3 is 1.73 bits per heavy atom. The summed E-state index contributed by atoms with van der Waals surface area (Å²) in [5.74, 6) is 1.59. The van der Waals surface area contributed by atoms with Crippen LogP contribution in [0.1, 0.15) is 22.3 Å². The molecule has 0 spiro atoms. The molecule has 6 rings (SSSR count). The molecule has 0 amide bonds. The topological polar surface area (TPSA) is 42.2 Å². The van der Waals surface area contributed by atoms with E-state index in [1.54, 1.807) is 14.2 Å². The Bertz CT molecular complexity index is 1920.